The molecule has 1 saturated heterocycles. The van der Waals surface area contributed by atoms with Gasteiger partial charge in [-0.2, -0.15) is 0 Å². The van der Waals surface area contributed by atoms with Crippen LogP contribution < -0.4 is 19.1 Å². The third-order valence-corrected chi connectivity index (χ3v) is 4.73. The molecule has 1 amide bonds. The summed E-state index contributed by atoms with van der Waals surface area (Å²) in [7, 11) is 4.62. The Hall–Kier alpha value is -1.89. The van der Waals surface area contributed by atoms with Crippen LogP contribution in [0, 0.1) is 5.92 Å². The number of nitrogens with zero attached hydrogens (tertiary/aromatic N) is 1. The van der Waals surface area contributed by atoms with Crippen molar-refractivity contribution >= 4 is 28.5 Å². The zero-order valence-corrected chi connectivity index (χ0v) is 14.6. The van der Waals surface area contributed by atoms with E-state index >= 15 is 0 Å². The van der Waals surface area contributed by atoms with E-state index < -0.39 is 0 Å². The Labute approximate surface area is 140 Å². The van der Waals surface area contributed by atoms with Crippen molar-refractivity contribution in [2.24, 2.45) is 5.92 Å². The molecule has 1 unspecified atom stereocenters. The second-order valence-electron chi connectivity index (χ2n) is 5.26. The van der Waals surface area contributed by atoms with Gasteiger partial charge in [0.25, 0.3) is 0 Å². The molecule has 0 radical (unpaired) electrons. The number of carbonyl (C=O) groups is 2. The number of benzene rings is 1. The van der Waals surface area contributed by atoms with Crippen molar-refractivity contribution in [2.45, 2.75) is 13.3 Å². The third kappa shape index (κ3) is 3.90. The Morgan fingerprint density at radius 3 is 2.30 bits per heavy atom. The van der Waals surface area contributed by atoms with E-state index in [1.54, 1.807) is 38.2 Å². The van der Waals surface area contributed by atoms with E-state index in [0.29, 0.717) is 41.7 Å². The zero-order chi connectivity index (χ0) is 17.0. The van der Waals surface area contributed by atoms with Crippen molar-refractivity contribution in [1.82, 2.24) is 0 Å². The number of ether oxygens (including phenoxy) is 3. The van der Waals surface area contributed by atoms with Crippen LogP contribution in [0.25, 0.3) is 0 Å². The van der Waals surface area contributed by atoms with E-state index in [1.165, 1.54) is 18.9 Å². The van der Waals surface area contributed by atoms with Crippen LogP contribution in [0.5, 0.6) is 17.2 Å². The Bertz CT molecular complexity index is 579. The molecule has 23 heavy (non-hydrogen) atoms. The number of amides is 1. The number of rotatable bonds is 6. The van der Waals surface area contributed by atoms with Crippen LogP contribution >= 0.6 is 11.8 Å². The predicted octanol–water partition coefficient (Wildman–Crippen LogP) is 2.34. The average Bonchev–Trinajstić information content (AvgIpc) is 2.92. The molecular formula is C16H21NO5S. The summed E-state index contributed by atoms with van der Waals surface area (Å²) in [5.41, 5.74) is 0.708. The monoisotopic (exact) mass is 339 g/mol. The summed E-state index contributed by atoms with van der Waals surface area (Å²) in [4.78, 5) is 25.1. The highest BCUT2D eigenvalue weighted by Gasteiger charge is 2.32. The number of carbonyl (C=O) groups excluding carboxylic acids is 2. The van der Waals surface area contributed by atoms with Gasteiger partial charge < -0.3 is 19.1 Å². The summed E-state index contributed by atoms with van der Waals surface area (Å²) in [6.45, 7) is 2.12. The summed E-state index contributed by atoms with van der Waals surface area (Å²) in [6.07, 6.45) is 0.441. The van der Waals surface area contributed by atoms with Crippen LogP contribution in [0.2, 0.25) is 0 Å². The summed E-state index contributed by atoms with van der Waals surface area (Å²) in [6, 6.07) is 3.53. The number of thioether (sulfide) groups is 1. The normalized spacial score (nSPS) is 17.3. The molecule has 0 N–H and O–H groups in total. The summed E-state index contributed by atoms with van der Waals surface area (Å²) in [5, 5.41) is 0.0729. The molecule has 7 heteroatoms. The fourth-order valence-corrected chi connectivity index (χ4v) is 3.29. The maximum Gasteiger partial charge on any atom is 0.227 e. The second kappa shape index (κ2) is 7.59. The van der Waals surface area contributed by atoms with Crippen molar-refractivity contribution in [3.8, 4) is 17.2 Å². The summed E-state index contributed by atoms with van der Waals surface area (Å²) >= 11 is 1.26. The Morgan fingerprint density at radius 2 is 1.83 bits per heavy atom. The first-order chi connectivity index (χ1) is 11.0. The molecule has 0 aliphatic carbocycles. The molecular weight excluding hydrogens is 318 g/mol. The fourth-order valence-electron chi connectivity index (χ4n) is 2.60. The average molecular weight is 339 g/mol. The van der Waals surface area contributed by atoms with Gasteiger partial charge in [-0.25, -0.2) is 0 Å². The third-order valence-electron chi connectivity index (χ3n) is 3.69. The lowest BCUT2D eigenvalue weighted by Crippen LogP contribution is -2.24. The summed E-state index contributed by atoms with van der Waals surface area (Å²) < 4.78 is 16.0. The van der Waals surface area contributed by atoms with Crippen molar-refractivity contribution < 1.29 is 23.8 Å². The number of hydrogen-bond acceptors (Lipinski definition) is 6. The lowest BCUT2D eigenvalue weighted by molar-refractivity contribution is -0.117. The Kier molecular flexibility index (Phi) is 5.76. The molecule has 0 spiro atoms. The molecule has 1 aromatic carbocycles. The minimum atomic E-state index is 0.0356. The van der Waals surface area contributed by atoms with Gasteiger partial charge in [0.15, 0.2) is 16.6 Å². The van der Waals surface area contributed by atoms with E-state index in [-0.39, 0.29) is 16.9 Å². The number of methoxy groups -OCH3 is 3. The lowest BCUT2D eigenvalue weighted by Gasteiger charge is -2.20. The predicted molar refractivity (Wildman–Crippen MR) is 89.7 cm³/mol. The first-order valence-corrected chi connectivity index (χ1v) is 8.22. The van der Waals surface area contributed by atoms with Gasteiger partial charge >= 0.3 is 0 Å². The number of hydrogen-bond donors (Lipinski definition) is 0. The van der Waals surface area contributed by atoms with Gasteiger partial charge in [0.05, 0.1) is 27.0 Å². The molecule has 0 aromatic heterocycles. The van der Waals surface area contributed by atoms with Gasteiger partial charge in [-0.15, -0.1) is 0 Å². The van der Waals surface area contributed by atoms with Gasteiger partial charge in [-0.1, -0.05) is 11.8 Å². The van der Waals surface area contributed by atoms with E-state index in [9.17, 15) is 9.59 Å². The molecule has 1 aliphatic heterocycles. The van der Waals surface area contributed by atoms with Crippen molar-refractivity contribution in [3.63, 3.8) is 0 Å². The molecule has 1 aromatic rings. The zero-order valence-electron chi connectivity index (χ0n) is 13.8. The highest BCUT2D eigenvalue weighted by Crippen LogP contribution is 2.42. The highest BCUT2D eigenvalue weighted by atomic mass is 32.2. The minimum Gasteiger partial charge on any atom is -0.493 e. The van der Waals surface area contributed by atoms with E-state index in [0.717, 1.165) is 0 Å². The second-order valence-corrected chi connectivity index (χ2v) is 6.46. The molecule has 2 rings (SSSR count). The molecule has 1 aliphatic rings. The largest absolute Gasteiger partial charge is 0.493 e. The molecule has 6 nitrogen and oxygen atoms in total. The fraction of sp³-hybridized carbons (Fsp3) is 0.500. The first kappa shape index (κ1) is 17.5. The molecule has 126 valence electrons. The van der Waals surface area contributed by atoms with Gasteiger partial charge in [0.2, 0.25) is 11.7 Å². The topological polar surface area (TPSA) is 65.1 Å². The molecule has 1 heterocycles. The Balaban J connectivity index is 2.24. The molecule has 0 bridgehead atoms. The standard InChI is InChI=1S/C16H21NO5S/c1-10(18)23-9-11-5-15(19)17(8-11)12-6-13(20-2)16(22-4)14(7-12)21-3/h6-7,11H,5,8-9H2,1-4H3. The SMILES string of the molecule is COc1cc(N2CC(CSC(C)=O)CC2=O)cc(OC)c1OC. The van der Waals surface area contributed by atoms with E-state index in [2.05, 4.69) is 0 Å². The van der Waals surface area contributed by atoms with Gasteiger partial charge in [-0.05, 0) is 5.92 Å². The first-order valence-electron chi connectivity index (χ1n) is 7.23. The van der Waals surface area contributed by atoms with Crippen molar-refractivity contribution in [3.05, 3.63) is 12.1 Å². The van der Waals surface area contributed by atoms with Crippen LogP contribution in [0.1, 0.15) is 13.3 Å². The van der Waals surface area contributed by atoms with Crippen LogP contribution in [-0.4, -0.2) is 44.6 Å². The molecule has 1 atom stereocenters. The van der Waals surface area contributed by atoms with Gasteiger partial charge in [0, 0.05) is 37.8 Å². The Morgan fingerprint density at radius 1 is 1.22 bits per heavy atom. The van der Waals surface area contributed by atoms with Crippen LogP contribution in [0.15, 0.2) is 12.1 Å². The molecule has 1 fully saturated rings. The van der Waals surface area contributed by atoms with Crippen LogP contribution in [0.3, 0.4) is 0 Å². The van der Waals surface area contributed by atoms with Gasteiger partial charge in [-0.3, -0.25) is 9.59 Å². The van der Waals surface area contributed by atoms with Crippen molar-refractivity contribution in [1.29, 1.82) is 0 Å². The van der Waals surface area contributed by atoms with Crippen molar-refractivity contribution in [2.75, 3.05) is 38.5 Å². The highest BCUT2D eigenvalue weighted by molar-refractivity contribution is 8.13. The maximum atomic E-state index is 12.3. The summed E-state index contributed by atoms with van der Waals surface area (Å²) in [5.74, 6) is 2.37. The van der Waals surface area contributed by atoms with Crippen LogP contribution in [-0.2, 0) is 9.59 Å². The molecule has 0 saturated carbocycles. The quantitative estimate of drug-likeness (QED) is 0.793. The number of anilines is 1. The minimum absolute atomic E-state index is 0.0356. The van der Waals surface area contributed by atoms with E-state index in [1.807, 2.05) is 0 Å². The smallest absolute Gasteiger partial charge is 0.227 e. The van der Waals surface area contributed by atoms with Crippen LogP contribution in [0.4, 0.5) is 5.69 Å². The maximum absolute atomic E-state index is 12.3. The van der Waals surface area contributed by atoms with E-state index in [4.69, 9.17) is 14.2 Å². The van der Waals surface area contributed by atoms with Gasteiger partial charge in [0.1, 0.15) is 0 Å². The lowest BCUT2D eigenvalue weighted by atomic mass is 10.1.